The summed E-state index contributed by atoms with van der Waals surface area (Å²) in [5.41, 5.74) is 1.16. The van der Waals surface area contributed by atoms with E-state index < -0.39 is 4.92 Å². The van der Waals surface area contributed by atoms with Crippen LogP contribution in [-0.4, -0.2) is 21.4 Å². The summed E-state index contributed by atoms with van der Waals surface area (Å²) >= 11 is 0. The lowest BCUT2D eigenvalue weighted by atomic mass is 10.1. The Kier molecular flexibility index (Phi) is 3.80. The van der Waals surface area contributed by atoms with Gasteiger partial charge in [-0.3, -0.25) is 10.1 Å². The second-order valence-electron chi connectivity index (χ2n) is 3.69. The Labute approximate surface area is 104 Å². The van der Waals surface area contributed by atoms with Gasteiger partial charge in [0, 0.05) is 24.9 Å². The maximum atomic E-state index is 10.5. The van der Waals surface area contributed by atoms with E-state index in [1.165, 1.54) is 18.5 Å². The molecule has 1 aromatic heterocycles. The minimum absolute atomic E-state index is 0.113. The maximum absolute atomic E-state index is 10.5. The average molecular weight is 244 g/mol. The molecule has 0 atom stereocenters. The zero-order chi connectivity index (χ0) is 12.8. The number of nitro benzene ring substituents is 1. The number of nitrogens with zero attached hydrogens (tertiary/aromatic N) is 3. The van der Waals surface area contributed by atoms with Crippen molar-refractivity contribution < 1.29 is 4.92 Å². The Bertz CT molecular complexity index is 513. The number of anilines is 1. The predicted molar refractivity (Wildman–Crippen MR) is 67.3 cm³/mol. The summed E-state index contributed by atoms with van der Waals surface area (Å²) in [5.74, 6) is 0.770. The fraction of sp³-hybridized carbons (Fsp3) is 0.167. The highest BCUT2D eigenvalue weighted by Gasteiger charge is 2.03. The third kappa shape index (κ3) is 3.24. The highest BCUT2D eigenvalue weighted by molar-refractivity contribution is 5.34. The SMILES string of the molecule is O=[N+]([O-])c1ccc(CCNc2ccncn2)cc1. The molecule has 0 aliphatic heterocycles. The summed E-state index contributed by atoms with van der Waals surface area (Å²) in [7, 11) is 0. The summed E-state index contributed by atoms with van der Waals surface area (Å²) in [6.45, 7) is 0.717. The van der Waals surface area contributed by atoms with Crippen LogP contribution in [0.15, 0.2) is 42.9 Å². The van der Waals surface area contributed by atoms with Crippen molar-refractivity contribution in [3.05, 3.63) is 58.5 Å². The summed E-state index contributed by atoms with van der Waals surface area (Å²) < 4.78 is 0. The van der Waals surface area contributed by atoms with E-state index in [1.807, 2.05) is 0 Å². The van der Waals surface area contributed by atoms with E-state index in [0.29, 0.717) is 0 Å². The van der Waals surface area contributed by atoms with Crippen molar-refractivity contribution in [3.63, 3.8) is 0 Å². The quantitative estimate of drug-likeness (QED) is 0.643. The molecule has 92 valence electrons. The highest BCUT2D eigenvalue weighted by atomic mass is 16.6. The molecule has 0 unspecified atom stereocenters. The van der Waals surface area contributed by atoms with Gasteiger partial charge in [-0.1, -0.05) is 12.1 Å². The maximum Gasteiger partial charge on any atom is 0.269 e. The van der Waals surface area contributed by atoms with Crippen molar-refractivity contribution in [2.45, 2.75) is 6.42 Å². The summed E-state index contributed by atoms with van der Waals surface area (Å²) in [6.07, 6.45) is 3.93. The van der Waals surface area contributed by atoms with E-state index in [2.05, 4.69) is 15.3 Å². The number of rotatable bonds is 5. The van der Waals surface area contributed by atoms with Gasteiger partial charge in [-0.2, -0.15) is 0 Å². The molecule has 2 rings (SSSR count). The lowest BCUT2D eigenvalue weighted by Crippen LogP contribution is -2.06. The number of nitrogens with one attached hydrogen (secondary N) is 1. The van der Waals surface area contributed by atoms with Gasteiger partial charge in [-0.25, -0.2) is 9.97 Å². The minimum Gasteiger partial charge on any atom is -0.370 e. The summed E-state index contributed by atoms with van der Waals surface area (Å²) in [5, 5.41) is 13.6. The van der Waals surface area contributed by atoms with Gasteiger partial charge in [0.2, 0.25) is 0 Å². The molecule has 0 amide bonds. The van der Waals surface area contributed by atoms with Crippen molar-refractivity contribution in [3.8, 4) is 0 Å². The fourth-order valence-electron chi connectivity index (χ4n) is 1.51. The standard InChI is InChI=1S/C12H12N4O2/c17-16(18)11-3-1-10(2-4-11)5-8-14-12-6-7-13-9-15-12/h1-4,6-7,9H,5,8H2,(H,13,14,15). The van der Waals surface area contributed by atoms with E-state index >= 15 is 0 Å². The van der Waals surface area contributed by atoms with Crippen LogP contribution in [0.2, 0.25) is 0 Å². The van der Waals surface area contributed by atoms with E-state index in [1.54, 1.807) is 24.4 Å². The van der Waals surface area contributed by atoms with Gasteiger partial charge in [-0.05, 0) is 18.1 Å². The van der Waals surface area contributed by atoms with Crippen LogP contribution in [0.4, 0.5) is 11.5 Å². The first-order valence-corrected chi connectivity index (χ1v) is 5.49. The number of nitro groups is 1. The first kappa shape index (κ1) is 12.0. The van der Waals surface area contributed by atoms with Gasteiger partial charge in [0.15, 0.2) is 0 Å². The van der Waals surface area contributed by atoms with Crippen LogP contribution >= 0.6 is 0 Å². The van der Waals surface area contributed by atoms with Crippen LogP contribution in [0.5, 0.6) is 0 Å². The Morgan fingerprint density at radius 3 is 2.61 bits per heavy atom. The third-order valence-electron chi connectivity index (χ3n) is 2.45. The molecule has 18 heavy (non-hydrogen) atoms. The predicted octanol–water partition coefficient (Wildman–Crippen LogP) is 2.04. The van der Waals surface area contributed by atoms with Crippen molar-refractivity contribution in [1.29, 1.82) is 0 Å². The molecule has 0 bridgehead atoms. The van der Waals surface area contributed by atoms with Crippen molar-refractivity contribution >= 4 is 11.5 Å². The first-order valence-electron chi connectivity index (χ1n) is 5.49. The second kappa shape index (κ2) is 5.72. The summed E-state index contributed by atoms with van der Waals surface area (Å²) in [6, 6.07) is 8.34. The van der Waals surface area contributed by atoms with Gasteiger partial charge < -0.3 is 5.32 Å². The molecule has 0 saturated carbocycles. The first-order chi connectivity index (χ1) is 8.75. The Hall–Kier alpha value is -2.50. The van der Waals surface area contributed by atoms with Crippen LogP contribution in [0.25, 0.3) is 0 Å². The van der Waals surface area contributed by atoms with Crippen molar-refractivity contribution in [2.75, 3.05) is 11.9 Å². The van der Waals surface area contributed by atoms with Gasteiger partial charge in [-0.15, -0.1) is 0 Å². The van der Waals surface area contributed by atoms with Crippen molar-refractivity contribution in [2.24, 2.45) is 0 Å². The Morgan fingerprint density at radius 1 is 1.22 bits per heavy atom. The molecule has 0 aliphatic rings. The number of aromatic nitrogens is 2. The van der Waals surface area contributed by atoms with Crippen LogP contribution in [0.3, 0.4) is 0 Å². The topological polar surface area (TPSA) is 81.0 Å². The lowest BCUT2D eigenvalue weighted by molar-refractivity contribution is -0.384. The smallest absolute Gasteiger partial charge is 0.269 e. The molecular formula is C12H12N4O2. The molecule has 0 radical (unpaired) electrons. The van der Waals surface area contributed by atoms with Gasteiger partial charge in [0.1, 0.15) is 12.1 Å². The number of benzene rings is 1. The van der Waals surface area contributed by atoms with E-state index in [-0.39, 0.29) is 5.69 Å². The minimum atomic E-state index is -0.400. The Balaban J connectivity index is 1.85. The average Bonchev–Trinajstić information content (AvgIpc) is 2.40. The monoisotopic (exact) mass is 244 g/mol. The van der Waals surface area contributed by atoms with Crippen molar-refractivity contribution in [1.82, 2.24) is 9.97 Å². The molecule has 6 heteroatoms. The molecule has 0 fully saturated rings. The van der Waals surface area contributed by atoms with Crippen LogP contribution in [0, 0.1) is 10.1 Å². The van der Waals surface area contributed by atoms with Crippen LogP contribution < -0.4 is 5.32 Å². The lowest BCUT2D eigenvalue weighted by Gasteiger charge is -2.04. The third-order valence-corrected chi connectivity index (χ3v) is 2.45. The van der Waals surface area contributed by atoms with E-state index in [9.17, 15) is 10.1 Å². The zero-order valence-corrected chi connectivity index (χ0v) is 9.61. The molecule has 6 nitrogen and oxygen atoms in total. The zero-order valence-electron chi connectivity index (χ0n) is 9.61. The number of hydrogen-bond acceptors (Lipinski definition) is 5. The number of non-ortho nitro benzene ring substituents is 1. The fourth-order valence-corrected chi connectivity index (χ4v) is 1.51. The van der Waals surface area contributed by atoms with Crippen LogP contribution in [-0.2, 0) is 6.42 Å². The van der Waals surface area contributed by atoms with Gasteiger partial charge >= 0.3 is 0 Å². The summed E-state index contributed by atoms with van der Waals surface area (Å²) in [4.78, 5) is 17.9. The molecule has 1 heterocycles. The molecule has 2 aromatic rings. The van der Waals surface area contributed by atoms with E-state index in [4.69, 9.17) is 0 Å². The molecule has 0 aliphatic carbocycles. The van der Waals surface area contributed by atoms with Crippen LogP contribution in [0.1, 0.15) is 5.56 Å². The number of hydrogen-bond donors (Lipinski definition) is 1. The normalized spacial score (nSPS) is 10.0. The van der Waals surface area contributed by atoms with Gasteiger partial charge in [0.05, 0.1) is 4.92 Å². The molecule has 0 saturated heterocycles. The molecule has 0 spiro atoms. The molecular weight excluding hydrogens is 232 g/mol. The van der Waals surface area contributed by atoms with E-state index in [0.717, 1.165) is 24.3 Å². The highest BCUT2D eigenvalue weighted by Crippen LogP contribution is 2.12. The largest absolute Gasteiger partial charge is 0.370 e. The molecule has 1 N–H and O–H groups in total. The second-order valence-corrected chi connectivity index (χ2v) is 3.69. The Morgan fingerprint density at radius 2 is 2.00 bits per heavy atom. The molecule has 1 aromatic carbocycles. The van der Waals surface area contributed by atoms with Gasteiger partial charge in [0.25, 0.3) is 5.69 Å².